The molecule has 0 amide bonds. The average molecular weight is 116 g/mol. The summed E-state index contributed by atoms with van der Waals surface area (Å²) < 4.78 is 0. The van der Waals surface area contributed by atoms with Crippen molar-refractivity contribution in [1.29, 1.82) is 0 Å². The molecule has 0 fully saturated rings. The Labute approximate surface area is 48.5 Å². The van der Waals surface area contributed by atoms with Crippen LogP contribution in [-0.2, 0) is 0 Å². The third kappa shape index (κ3) is 1.81. The monoisotopic (exact) mass is 116 g/mol. The zero-order chi connectivity index (χ0) is 6.57. The maximum Gasteiger partial charge on any atom is 0.100 e. The van der Waals surface area contributed by atoms with E-state index in [0.29, 0.717) is 5.82 Å². The third-order valence-corrected chi connectivity index (χ3v) is 0.767. The van der Waals surface area contributed by atoms with Gasteiger partial charge in [-0.05, 0) is 13.0 Å². The van der Waals surface area contributed by atoms with Crippen molar-refractivity contribution in [3.8, 4) is 0 Å². The molecule has 0 radical (unpaired) electrons. The zero-order valence-corrected chi connectivity index (χ0v) is 5.01. The summed E-state index contributed by atoms with van der Waals surface area (Å²) in [5.41, 5.74) is 0. The molecule has 0 aliphatic heterocycles. The number of nitrogens with one attached hydrogen (secondary N) is 1. The Bertz CT molecular complexity index is 89.3. The van der Waals surface area contributed by atoms with E-state index in [-0.39, 0.29) is 5.17 Å². The van der Waals surface area contributed by atoms with Gasteiger partial charge < -0.3 is 15.7 Å². The van der Waals surface area contributed by atoms with E-state index >= 15 is 0 Å². The van der Waals surface area contributed by atoms with Crippen molar-refractivity contribution >= 4 is 0 Å². The molecule has 0 unspecified atom stereocenters. The number of hydrogen-bond donors (Lipinski definition) is 2. The van der Waals surface area contributed by atoms with E-state index in [0.717, 1.165) is 0 Å². The van der Waals surface area contributed by atoms with E-state index in [1.54, 1.807) is 20.0 Å². The van der Waals surface area contributed by atoms with Gasteiger partial charge in [-0.25, -0.2) is 0 Å². The number of hydrogen-bond acceptors (Lipinski definition) is 4. The first-order valence-electron chi connectivity index (χ1n) is 2.28. The number of nitrogens with two attached hydrogens (primary N) is 1. The highest BCUT2D eigenvalue weighted by molar-refractivity contribution is 4.93. The molecule has 0 rings (SSSR count). The topological polar surface area (TPSA) is 64.3 Å². The maximum absolute atomic E-state index is 10.2. The zero-order valence-electron chi connectivity index (χ0n) is 5.01. The lowest BCUT2D eigenvalue weighted by molar-refractivity contribution is 0.460. The SMILES string of the molecule is C/C=C(\NC)N(N)[O-]. The number of nitrogens with zero attached hydrogens (tertiary/aromatic N) is 1. The van der Waals surface area contributed by atoms with Crippen LogP contribution in [0.1, 0.15) is 6.92 Å². The molecule has 3 N–H and O–H groups in total. The smallest absolute Gasteiger partial charge is 0.100 e. The number of hydroxylamine groups is 1. The lowest BCUT2D eigenvalue weighted by atomic mass is 10.6. The molecule has 4 heteroatoms. The summed E-state index contributed by atoms with van der Waals surface area (Å²) in [6, 6.07) is 0. The normalized spacial score (nSPS) is 11.2. The Morgan fingerprint density at radius 3 is 2.38 bits per heavy atom. The van der Waals surface area contributed by atoms with Crippen LogP contribution in [0, 0.1) is 5.21 Å². The van der Waals surface area contributed by atoms with Gasteiger partial charge in [0.05, 0.1) is 0 Å². The van der Waals surface area contributed by atoms with Crippen LogP contribution in [0.4, 0.5) is 0 Å². The predicted octanol–water partition coefficient (Wildman–Crippen LogP) is -0.259. The van der Waals surface area contributed by atoms with Crippen LogP contribution >= 0.6 is 0 Å². The van der Waals surface area contributed by atoms with Gasteiger partial charge in [0.15, 0.2) is 0 Å². The molecule has 0 bridgehead atoms. The molecule has 0 aromatic carbocycles. The van der Waals surface area contributed by atoms with Crippen LogP contribution in [-0.4, -0.2) is 12.2 Å². The second-order valence-corrected chi connectivity index (χ2v) is 1.25. The van der Waals surface area contributed by atoms with Crippen molar-refractivity contribution in [3.63, 3.8) is 0 Å². The van der Waals surface area contributed by atoms with Crippen molar-refractivity contribution in [3.05, 3.63) is 17.1 Å². The minimum atomic E-state index is 0.278. The molecule has 48 valence electrons. The highest BCUT2D eigenvalue weighted by Gasteiger charge is 1.83. The van der Waals surface area contributed by atoms with Crippen molar-refractivity contribution in [1.82, 2.24) is 10.5 Å². The fourth-order valence-electron chi connectivity index (χ4n) is 0.382. The van der Waals surface area contributed by atoms with Crippen LogP contribution in [0.5, 0.6) is 0 Å². The first-order chi connectivity index (χ1) is 3.72. The summed E-state index contributed by atoms with van der Waals surface area (Å²) in [7, 11) is 1.63. The van der Waals surface area contributed by atoms with E-state index in [1.165, 1.54) is 0 Å². The summed E-state index contributed by atoms with van der Waals surface area (Å²) in [5.74, 6) is 5.17. The van der Waals surface area contributed by atoms with Crippen LogP contribution in [0.15, 0.2) is 11.9 Å². The molecular formula is C4H10N3O-. The lowest BCUT2D eigenvalue weighted by Crippen LogP contribution is -2.30. The number of rotatable bonds is 2. The Morgan fingerprint density at radius 2 is 2.38 bits per heavy atom. The summed E-state index contributed by atoms with van der Waals surface area (Å²) in [6.07, 6.45) is 1.59. The van der Waals surface area contributed by atoms with Gasteiger partial charge in [0.1, 0.15) is 5.82 Å². The predicted molar refractivity (Wildman–Crippen MR) is 32.2 cm³/mol. The molecular weight excluding hydrogens is 106 g/mol. The van der Waals surface area contributed by atoms with Crippen LogP contribution in [0.25, 0.3) is 0 Å². The molecule has 4 nitrogen and oxygen atoms in total. The molecule has 0 saturated carbocycles. The Hall–Kier alpha value is -0.740. The summed E-state index contributed by atoms with van der Waals surface area (Å²) in [4.78, 5) is 0. The van der Waals surface area contributed by atoms with E-state index in [4.69, 9.17) is 5.84 Å². The first-order valence-corrected chi connectivity index (χ1v) is 2.28. The average Bonchev–Trinajstić information content (AvgIpc) is 1.69. The van der Waals surface area contributed by atoms with Gasteiger partial charge >= 0.3 is 0 Å². The van der Waals surface area contributed by atoms with Gasteiger partial charge in [-0.15, -0.1) is 0 Å². The van der Waals surface area contributed by atoms with Crippen molar-refractivity contribution in [2.75, 3.05) is 7.05 Å². The number of allylic oxidation sites excluding steroid dienone is 1. The van der Waals surface area contributed by atoms with Gasteiger partial charge in [-0.2, -0.15) is 0 Å². The first kappa shape index (κ1) is 7.26. The minimum absolute atomic E-state index is 0.278. The fraction of sp³-hybridized carbons (Fsp3) is 0.500. The fourth-order valence-corrected chi connectivity index (χ4v) is 0.382. The van der Waals surface area contributed by atoms with E-state index in [2.05, 4.69) is 5.32 Å². The summed E-state index contributed by atoms with van der Waals surface area (Å²) >= 11 is 0. The Morgan fingerprint density at radius 1 is 1.88 bits per heavy atom. The molecule has 0 aliphatic rings. The van der Waals surface area contributed by atoms with Crippen LogP contribution in [0.2, 0.25) is 0 Å². The Kier molecular flexibility index (Phi) is 2.98. The third-order valence-electron chi connectivity index (χ3n) is 0.767. The maximum atomic E-state index is 10.2. The highest BCUT2D eigenvalue weighted by atomic mass is 16.5. The van der Waals surface area contributed by atoms with Crippen LogP contribution in [0.3, 0.4) is 0 Å². The van der Waals surface area contributed by atoms with Gasteiger partial charge in [0.25, 0.3) is 0 Å². The lowest BCUT2D eigenvalue weighted by Gasteiger charge is -2.25. The van der Waals surface area contributed by atoms with Crippen LogP contribution < -0.4 is 11.2 Å². The van der Waals surface area contributed by atoms with E-state index in [9.17, 15) is 5.21 Å². The van der Waals surface area contributed by atoms with Crippen molar-refractivity contribution < 1.29 is 0 Å². The molecule has 0 heterocycles. The van der Waals surface area contributed by atoms with Gasteiger partial charge in [-0.3, -0.25) is 5.84 Å². The highest BCUT2D eigenvalue weighted by Crippen LogP contribution is 1.86. The van der Waals surface area contributed by atoms with E-state index < -0.39 is 0 Å². The molecule has 0 spiro atoms. The molecule has 0 atom stereocenters. The van der Waals surface area contributed by atoms with Crippen molar-refractivity contribution in [2.45, 2.75) is 6.92 Å². The molecule has 8 heavy (non-hydrogen) atoms. The largest absolute Gasteiger partial charge is 0.742 e. The molecule has 0 aromatic rings. The molecule has 0 aliphatic carbocycles. The second kappa shape index (κ2) is 3.29. The summed E-state index contributed by atoms with van der Waals surface area (Å²) in [5, 5.41) is 13.0. The quantitative estimate of drug-likeness (QED) is 0.385. The number of hydrazine groups is 1. The molecule has 0 aromatic heterocycles. The van der Waals surface area contributed by atoms with E-state index in [1.807, 2.05) is 0 Å². The van der Waals surface area contributed by atoms with Gasteiger partial charge in [-0.1, -0.05) is 0 Å². The standard InChI is InChI=1S/C4H10N3O/c1-3-4(6-2)7(5)8/h3,6H,5H2,1-2H3/q-1/b4-3+. The second-order valence-electron chi connectivity index (χ2n) is 1.25. The van der Waals surface area contributed by atoms with Crippen molar-refractivity contribution in [2.24, 2.45) is 5.84 Å². The van der Waals surface area contributed by atoms with Gasteiger partial charge in [0.2, 0.25) is 0 Å². The molecule has 0 saturated heterocycles. The Balaban J connectivity index is 3.72. The van der Waals surface area contributed by atoms with Gasteiger partial charge in [0, 0.05) is 7.05 Å². The minimum Gasteiger partial charge on any atom is -0.742 e. The summed E-state index contributed by atoms with van der Waals surface area (Å²) in [6.45, 7) is 1.73.